The number of nitrogens with two attached hydrogens (primary N) is 1. The van der Waals surface area contributed by atoms with Crippen molar-refractivity contribution in [2.24, 2.45) is 11.7 Å². The van der Waals surface area contributed by atoms with Crippen LogP contribution in [-0.4, -0.2) is 0 Å². The molecule has 0 aliphatic rings. The number of benzene rings is 1. The normalized spacial score (nSPS) is 14.8. The molecular weight excluding hydrogens is 330 g/mol. The Labute approximate surface area is 115 Å². The molecule has 1 nitrogen and oxygen atoms in total. The largest absolute Gasteiger partial charge is 0.324 e. The molecule has 3 heteroatoms. The van der Waals surface area contributed by atoms with Crippen LogP contribution in [0.25, 0.3) is 0 Å². The molecule has 0 fully saturated rings. The average Bonchev–Trinajstić information content (AvgIpc) is 2.21. The fourth-order valence-corrected chi connectivity index (χ4v) is 2.89. The molecular formula is C13H19Br2N. The van der Waals surface area contributed by atoms with Crippen LogP contribution >= 0.6 is 31.9 Å². The monoisotopic (exact) mass is 347 g/mol. The van der Waals surface area contributed by atoms with Crippen molar-refractivity contribution in [3.05, 3.63) is 32.7 Å². The molecule has 0 aromatic heterocycles. The van der Waals surface area contributed by atoms with Crippen LogP contribution in [0.1, 0.15) is 44.7 Å². The Balaban J connectivity index is 2.72. The lowest BCUT2D eigenvalue weighted by Gasteiger charge is -2.18. The van der Waals surface area contributed by atoms with Crippen LogP contribution in [-0.2, 0) is 0 Å². The highest BCUT2D eigenvalue weighted by molar-refractivity contribution is 9.11. The van der Waals surface area contributed by atoms with Crippen molar-refractivity contribution in [1.29, 1.82) is 0 Å². The number of rotatable bonds is 5. The van der Waals surface area contributed by atoms with Gasteiger partial charge in [-0.25, -0.2) is 0 Å². The minimum absolute atomic E-state index is 0.119. The van der Waals surface area contributed by atoms with Gasteiger partial charge >= 0.3 is 0 Å². The molecule has 2 atom stereocenters. The summed E-state index contributed by atoms with van der Waals surface area (Å²) >= 11 is 7.04. The van der Waals surface area contributed by atoms with E-state index in [-0.39, 0.29) is 6.04 Å². The Bertz CT molecular complexity index is 339. The van der Waals surface area contributed by atoms with Gasteiger partial charge in [-0.15, -0.1) is 0 Å². The molecule has 1 aromatic rings. The van der Waals surface area contributed by atoms with E-state index < -0.39 is 0 Å². The molecule has 1 rings (SSSR count). The second kappa shape index (κ2) is 6.77. The van der Waals surface area contributed by atoms with Crippen LogP contribution in [0.3, 0.4) is 0 Å². The highest BCUT2D eigenvalue weighted by Crippen LogP contribution is 2.29. The lowest BCUT2D eigenvalue weighted by atomic mass is 9.94. The SMILES string of the molecule is CCCC(C)CC(N)c1cc(Br)ccc1Br. The van der Waals surface area contributed by atoms with Gasteiger partial charge in [0.1, 0.15) is 0 Å². The quantitative estimate of drug-likeness (QED) is 0.792. The maximum atomic E-state index is 6.25. The topological polar surface area (TPSA) is 26.0 Å². The summed E-state index contributed by atoms with van der Waals surface area (Å²) in [5, 5.41) is 0. The molecule has 0 spiro atoms. The summed E-state index contributed by atoms with van der Waals surface area (Å²) in [7, 11) is 0. The van der Waals surface area contributed by atoms with Crippen molar-refractivity contribution in [2.45, 2.75) is 39.2 Å². The molecule has 90 valence electrons. The van der Waals surface area contributed by atoms with Crippen LogP contribution in [0, 0.1) is 5.92 Å². The molecule has 16 heavy (non-hydrogen) atoms. The second-order valence-electron chi connectivity index (χ2n) is 4.40. The van der Waals surface area contributed by atoms with Crippen molar-refractivity contribution in [3.8, 4) is 0 Å². The molecule has 1 aromatic carbocycles. The van der Waals surface area contributed by atoms with Gasteiger partial charge in [0.15, 0.2) is 0 Å². The van der Waals surface area contributed by atoms with Gasteiger partial charge in [0, 0.05) is 15.0 Å². The summed E-state index contributed by atoms with van der Waals surface area (Å²) in [6.07, 6.45) is 3.52. The molecule has 0 bridgehead atoms. The summed E-state index contributed by atoms with van der Waals surface area (Å²) in [6, 6.07) is 6.29. The summed E-state index contributed by atoms with van der Waals surface area (Å²) in [6.45, 7) is 4.49. The van der Waals surface area contributed by atoms with E-state index in [4.69, 9.17) is 5.73 Å². The van der Waals surface area contributed by atoms with E-state index in [1.165, 1.54) is 18.4 Å². The third-order valence-corrected chi connectivity index (χ3v) is 4.01. The van der Waals surface area contributed by atoms with E-state index in [1.54, 1.807) is 0 Å². The third-order valence-electron chi connectivity index (χ3n) is 2.80. The van der Waals surface area contributed by atoms with Crippen molar-refractivity contribution in [2.75, 3.05) is 0 Å². The maximum Gasteiger partial charge on any atom is 0.0309 e. The summed E-state index contributed by atoms with van der Waals surface area (Å²) < 4.78 is 2.19. The zero-order chi connectivity index (χ0) is 12.1. The Morgan fingerprint density at radius 1 is 1.31 bits per heavy atom. The van der Waals surface area contributed by atoms with Gasteiger partial charge in [-0.2, -0.15) is 0 Å². The zero-order valence-electron chi connectivity index (χ0n) is 9.84. The van der Waals surface area contributed by atoms with Crippen LogP contribution in [0.15, 0.2) is 27.1 Å². The van der Waals surface area contributed by atoms with Gasteiger partial charge in [0.05, 0.1) is 0 Å². The minimum atomic E-state index is 0.119. The van der Waals surface area contributed by atoms with Gasteiger partial charge in [0.25, 0.3) is 0 Å². The molecule has 0 saturated heterocycles. The first-order valence-electron chi connectivity index (χ1n) is 5.75. The highest BCUT2D eigenvalue weighted by Gasteiger charge is 2.13. The number of hydrogen-bond donors (Lipinski definition) is 1. The van der Waals surface area contributed by atoms with Crippen LogP contribution in [0.5, 0.6) is 0 Å². The van der Waals surface area contributed by atoms with E-state index in [9.17, 15) is 0 Å². The standard InChI is InChI=1S/C13H19Br2N/c1-3-4-9(2)7-13(16)11-8-10(14)5-6-12(11)15/h5-6,8-9,13H,3-4,7,16H2,1-2H3. The van der Waals surface area contributed by atoms with Crippen LogP contribution in [0.2, 0.25) is 0 Å². The summed E-state index contributed by atoms with van der Waals surface area (Å²) in [5.74, 6) is 0.686. The first kappa shape index (κ1) is 14.2. The fourth-order valence-electron chi connectivity index (χ4n) is 1.97. The van der Waals surface area contributed by atoms with E-state index in [1.807, 2.05) is 12.1 Å². The molecule has 0 radical (unpaired) electrons. The van der Waals surface area contributed by atoms with Gasteiger partial charge < -0.3 is 5.73 Å². The molecule has 0 saturated carbocycles. The Kier molecular flexibility index (Phi) is 6.01. The second-order valence-corrected chi connectivity index (χ2v) is 6.17. The highest BCUT2D eigenvalue weighted by atomic mass is 79.9. The molecule has 2 N–H and O–H groups in total. The molecule has 0 aliphatic heterocycles. The third kappa shape index (κ3) is 4.19. The number of hydrogen-bond acceptors (Lipinski definition) is 1. The van der Waals surface area contributed by atoms with Gasteiger partial charge in [-0.05, 0) is 36.1 Å². The molecule has 0 heterocycles. The lowest BCUT2D eigenvalue weighted by Crippen LogP contribution is -2.14. The zero-order valence-corrected chi connectivity index (χ0v) is 13.0. The predicted octanol–water partition coefficient (Wildman–Crippen LogP) is 5.04. The predicted molar refractivity (Wildman–Crippen MR) is 77.5 cm³/mol. The van der Waals surface area contributed by atoms with E-state index in [0.717, 1.165) is 15.4 Å². The van der Waals surface area contributed by atoms with E-state index in [2.05, 4.69) is 51.8 Å². The number of halogens is 2. The maximum absolute atomic E-state index is 6.25. The Hall–Kier alpha value is 0.140. The van der Waals surface area contributed by atoms with Gasteiger partial charge in [-0.3, -0.25) is 0 Å². The molecule has 2 unspecified atom stereocenters. The van der Waals surface area contributed by atoms with Crippen molar-refractivity contribution < 1.29 is 0 Å². The van der Waals surface area contributed by atoms with Crippen molar-refractivity contribution in [3.63, 3.8) is 0 Å². The summed E-state index contributed by atoms with van der Waals surface area (Å²) in [5.41, 5.74) is 7.44. The molecule has 0 amide bonds. The minimum Gasteiger partial charge on any atom is -0.324 e. The summed E-state index contributed by atoms with van der Waals surface area (Å²) in [4.78, 5) is 0. The Morgan fingerprint density at radius 2 is 2.00 bits per heavy atom. The first-order chi connectivity index (χ1) is 7.54. The van der Waals surface area contributed by atoms with Crippen molar-refractivity contribution in [1.82, 2.24) is 0 Å². The molecule has 0 aliphatic carbocycles. The van der Waals surface area contributed by atoms with Gasteiger partial charge in [-0.1, -0.05) is 58.5 Å². The lowest BCUT2D eigenvalue weighted by molar-refractivity contribution is 0.440. The first-order valence-corrected chi connectivity index (χ1v) is 7.33. The van der Waals surface area contributed by atoms with E-state index in [0.29, 0.717) is 5.92 Å². The average molecular weight is 349 g/mol. The fraction of sp³-hybridized carbons (Fsp3) is 0.538. The Morgan fingerprint density at radius 3 is 2.62 bits per heavy atom. The van der Waals surface area contributed by atoms with Crippen LogP contribution in [0.4, 0.5) is 0 Å². The van der Waals surface area contributed by atoms with Gasteiger partial charge in [0.2, 0.25) is 0 Å². The van der Waals surface area contributed by atoms with Crippen LogP contribution < -0.4 is 5.73 Å². The smallest absolute Gasteiger partial charge is 0.0309 e. The van der Waals surface area contributed by atoms with Crippen molar-refractivity contribution >= 4 is 31.9 Å². The van der Waals surface area contributed by atoms with E-state index >= 15 is 0 Å².